The number of aliphatic hydroxyl groups excluding tert-OH is 2. The van der Waals surface area contributed by atoms with E-state index in [1.54, 1.807) is 12.2 Å². The molecule has 1 aliphatic rings. The first-order valence-electron chi connectivity index (χ1n) is 9.19. The number of carboxylic acid groups (broad SMARTS) is 1. The molecule has 0 aromatic rings. The van der Waals surface area contributed by atoms with Gasteiger partial charge in [-0.3, -0.25) is 9.59 Å². The Hall–Kier alpha value is -1.92. The van der Waals surface area contributed by atoms with Gasteiger partial charge in [0.1, 0.15) is 6.10 Å². The van der Waals surface area contributed by atoms with Gasteiger partial charge in [0.2, 0.25) is 0 Å². The molecular formula is C20H30O6. The number of hydrogen-bond donors (Lipinski definition) is 3. The van der Waals surface area contributed by atoms with Crippen molar-refractivity contribution >= 4 is 11.9 Å². The maximum absolute atomic E-state index is 11.6. The average molecular weight is 366 g/mol. The summed E-state index contributed by atoms with van der Waals surface area (Å²) >= 11 is 0. The summed E-state index contributed by atoms with van der Waals surface area (Å²) in [5.41, 5.74) is 0. The number of cyclic esters (lactones) is 1. The summed E-state index contributed by atoms with van der Waals surface area (Å²) in [5, 5.41) is 28.7. The molecule has 0 amide bonds. The number of rotatable bonds is 11. The zero-order chi connectivity index (χ0) is 19.4. The number of allylic oxidation sites excluding steroid dienone is 3. The van der Waals surface area contributed by atoms with Gasteiger partial charge in [-0.25, -0.2) is 0 Å². The number of carboxylic acids is 1. The van der Waals surface area contributed by atoms with Gasteiger partial charge in [-0.05, 0) is 38.2 Å². The Morgan fingerprint density at radius 2 is 2.08 bits per heavy atom. The molecule has 1 heterocycles. The molecule has 0 saturated carbocycles. The van der Waals surface area contributed by atoms with Gasteiger partial charge in [-0.2, -0.15) is 0 Å². The van der Waals surface area contributed by atoms with Gasteiger partial charge in [0, 0.05) is 12.3 Å². The third-order valence-corrected chi connectivity index (χ3v) is 4.20. The largest absolute Gasteiger partial charge is 0.481 e. The molecule has 0 spiro atoms. The van der Waals surface area contributed by atoms with Gasteiger partial charge in [0.15, 0.2) is 0 Å². The number of hydrogen-bond acceptors (Lipinski definition) is 5. The number of ether oxygens (including phenoxy) is 1. The fourth-order valence-electron chi connectivity index (χ4n) is 2.76. The molecule has 3 N–H and O–H groups in total. The number of carbonyl (C=O) groups is 2. The van der Waals surface area contributed by atoms with E-state index in [0.29, 0.717) is 25.7 Å². The van der Waals surface area contributed by atoms with Gasteiger partial charge in [0.05, 0.1) is 18.6 Å². The van der Waals surface area contributed by atoms with Gasteiger partial charge in [-0.1, -0.05) is 37.3 Å². The Morgan fingerprint density at radius 1 is 1.31 bits per heavy atom. The van der Waals surface area contributed by atoms with E-state index in [-0.39, 0.29) is 18.8 Å². The molecule has 1 aliphatic heterocycles. The van der Waals surface area contributed by atoms with Crippen molar-refractivity contribution in [2.45, 2.75) is 70.2 Å². The number of aliphatic hydroxyl groups is 2. The SMILES string of the molecule is CCC=CCC(O)C=C[C@H]1OC(=O)C[C@H](O)[C@@H]1CC=CCCCC(=O)O. The third kappa shape index (κ3) is 8.97. The van der Waals surface area contributed by atoms with Crippen molar-refractivity contribution in [2.24, 2.45) is 5.92 Å². The van der Waals surface area contributed by atoms with Crippen LogP contribution in [0.4, 0.5) is 0 Å². The lowest BCUT2D eigenvalue weighted by Crippen LogP contribution is -2.41. The Balaban J connectivity index is 2.58. The summed E-state index contributed by atoms with van der Waals surface area (Å²) in [6.45, 7) is 2.02. The van der Waals surface area contributed by atoms with E-state index in [2.05, 4.69) is 0 Å². The monoisotopic (exact) mass is 366 g/mol. The average Bonchev–Trinajstić information content (AvgIpc) is 2.57. The van der Waals surface area contributed by atoms with Crippen molar-refractivity contribution < 1.29 is 29.6 Å². The van der Waals surface area contributed by atoms with E-state index in [9.17, 15) is 19.8 Å². The van der Waals surface area contributed by atoms with E-state index >= 15 is 0 Å². The molecule has 146 valence electrons. The zero-order valence-corrected chi connectivity index (χ0v) is 15.3. The van der Waals surface area contributed by atoms with Gasteiger partial charge < -0.3 is 20.1 Å². The van der Waals surface area contributed by atoms with Crippen molar-refractivity contribution in [1.82, 2.24) is 0 Å². The second-order valence-electron chi connectivity index (χ2n) is 6.45. The Morgan fingerprint density at radius 3 is 2.77 bits per heavy atom. The molecule has 6 heteroatoms. The highest BCUT2D eigenvalue weighted by molar-refractivity contribution is 5.71. The minimum atomic E-state index is -0.814. The van der Waals surface area contributed by atoms with Crippen molar-refractivity contribution in [1.29, 1.82) is 0 Å². The van der Waals surface area contributed by atoms with Gasteiger partial charge in [-0.15, -0.1) is 0 Å². The summed E-state index contributed by atoms with van der Waals surface area (Å²) in [5.74, 6) is -1.54. The third-order valence-electron chi connectivity index (χ3n) is 4.20. The van der Waals surface area contributed by atoms with Crippen LogP contribution < -0.4 is 0 Å². The van der Waals surface area contributed by atoms with E-state index < -0.39 is 30.3 Å². The van der Waals surface area contributed by atoms with Crippen molar-refractivity contribution in [3.05, 3.63) is 36.5 Å². The van der Waals surface area contributed by atoms with Gasteiger partial charge in [0.25, 0.3) is 0 Å². The number of unbranched alkanes of at least 4 members (excludes halogenated alkanes) is 1. The second kappa shape index (κ2) is 12.4. The zero-order valence-electron chi connectivity index (χ0n) is 15.3. The van der Waals surface area contributed by atoms with Crippen LogP contribution in [0.3, 0.4) is 0 Å². The highest BCUT2D eigenvalue weighted by Crippen LogP contribution is 2.27. The Kier molecular flexibility index (Phi) is 10.6. The molecule has 0 aromatic carbocycles. The van der Waals surface area contributed by atoms with Gasteiger partial charge >= 0.3 is 11.9 Å². The van der Waals surface area contributed by atoms with E-state index in [1.807, 2.05) is 31.2 Å². The van der Waals surface area contributed by atoms with Crippen LogP contribution in [0, 0.1) is 5.92 Å². The van der Waals surface area contributed by atoms with Crippen LogP contribution in [0.2, 0.25) is 0 Å². The van der Waals surface area contributed by atoms with Crippen LogP contribution in [0.25, 0.3) is 0 Å². The molecule has 0 aromatic heterocycles. The minimum absolute atomic E-state index is 0.0380. The molecule has 0 aliphatic carbocycles. The lowest BCUT2D eigenvalue weighted by atomic mass is 9.87. The van der Waals surface area contributed by atoms with Crippen LogP contribution in [0.15, 0.2) is 36.5 Å². The van der Waals surface area contributed by atoms with Crippen LogP contribution in [0.1, 0.15) is 51.9 Å². The quantitative estimate of drug-likeness (QED) is 0.295. The smallest absolute Gasteiger partial charge is 0.309 e. The molecule has 0 bridgehead atoms. The fraction of sp³-hybridized carbons (Fsp3) is 0.600. The number of aliphatic carboxylic acids is 1. The van der Waals surface area contributed by atoms with E-state index in [4.69, 9.17) is 9.84 Å². The molecule has 1 saturated heterocycles. The highest BCUT2D eigenvalue weighted by Gasteiger charge is 2.35. The molecule has 26 heavy (non-hydrogen) atoms. The van der Waals surface area contributed by atoms with Crippen LogP contribution >= 0.6 is 0 Å². The fourth-order valence-corrected chi connectivity index (χ4v) is 2.76. The maximum atomic E-state index is 11.6. The Bertz CT molecular complexity index is 522. The first kappa shape index (κ1) is 22.1. The summed E-state index contributed by atoms with van der Waals surface area (Å²) < 4.78 is 5.33. The predicted molar refractivity (Wildman–Crippen MR) is 98.4 cm³/mol. The van der Waals surface area contributed by atoms with Crippen LogP contribution in [-0.2, 0) is 14.3 Å². The highest BCUT2D eigenvalue weighted by atomic mass is 16.5. The second-order valence-corrected chi connectivity index (χ2v) is 6.45. The first-order chi connectivity index (χ1) is 12.4. The number of carbonyl (C=O) groups excluding carboxylic acids is 1. The molecule has 1 rings (SSSR count). The maximum Gasteiger partial charge on any atom is 0.309 e. The predicted octanol–water partition coefficient (Wildman–Crippen LogP) is 2.75. The summed E-state index contributed by atoms with van der Waals surface area (Å²) in [4.78, 5) is 22.1. The summed E-state index contributed by atoms with van der Waals surface area (Å²) in [6.07, 6.45) is 12.1. The van der Waals surface area contributed by atoms with Crippen LogP contribution in [0.5, 0.6) is 0 Å². The van der Waals surface area contributed by atoms with Crippen molar-refractivity contribution in [2.75, 3.05) is 0 Å². The lowest BCUT2D eigenvalue weighted by Gasteiger charge is -2.32. The topological polar surface area (TPSA) is 104 Å². The van der Waals surface area contributed by atoms with Crippen molar-refractivity contribution in [3.63, 3.8) is 0 Å². The summed E-state index contributed by atoms with van der Waals surface area (Å²) in [7, 11) is 0. The molecule has 4 atom stereocenters. The number of esters is 1. The van der Waals surface area contributed by atoms with Crippen LogP contribution in [-0.4, -0.2) is 45.6 Å². The standard InChI is InChI=1S/C20H30O6/c1-2-3-6-9-15(21)12-13-18-16(17(22)14-20(25)26-18)10-7-4-5-8-11-19(23)24/h3-4,6-7,12-13,15-18,21-22H,2,5,8-11,14H2,1H3,(H,23,24)/t15?,16-,17-,18+/m0/s1. The van der Waals surface area contributed by atoms with E-state index in [0.717, 1.165) is 6.42 Å². The first-order valence-corrected chi connectivity index (χ1v) is 9.19. The molecular weight excluding hydrogens is 336 g/mol. The molecule has 1 fully saturated rings. The Labute approximate surface area is 154 Å². The lowest BCUT2D eigenvalue weighted by molar-refractivity contribution is -0.163. The summed E-state index contributed by atoms with van der Waals surface area (Å²) in [6, 6.07) is 0. The minimum Gasteiger partial charge on any atom is -0.481 e. The normalized spacial score (nSPS) is 25.2. The molecule has 0 radical (unpaired) electrons. The molecule has 1 unspecified atom stereocenters. The van der Waals surface area contributed by atoms with E-state index in [1.165, 1.54) is 0 Å². The van der Waals surface area contributed by atoms with Crippen molar-refractivity contribution in [3.8, 4) is 0 Å². The molecule has 6 nitrogen and oxygen atoms in total.